The number of benzene rings is 1. The molecule has 0 aliphatic heterocycles. The van der Waals surface area contributed by atoms with Gasteiger partial charge in [-0.05, 0) is 22.9 Å². The van der Waals surface area contributed by atoms with Crippen LogP contribution in [0.25, 0.3) is 0 Å². The zero-order chi connectivity index (χ0) is 16.4. The lowest BCUT2D eigenvalue weighted by Crippen LogP contribution is -2.25. The van der Waals surface area contributed by atoms with Gasteiger partial charge in [0.25, 0.3) is 0 Å². The molecular formula is C12H16N3O3PS3. The summed E-state index contributed by atoms with van der Waals surface area (Å²) in [6, 6.07) is 9.63. The molecule has 1 unspecified atom stereocenters. The molecule has 1 atom stereocenters. The van der Waals surface area contributed by atoms with Crippen LogP contribution in [0.4, 0.5) is 10.5 Å². The van der Waals surface area contributed by atoms with E-state index in [1.165, 1.54) is 28.8 Å². The minimum Gasteiger partial charge on any atom is -0.442 e. The van der Waals surface area contributed by atoms with Crippen molar-refractivity contribution in [1.29, 1.82) is 5.41 Å². The molecule has 0 aliphatic carbocycles. The zero-order valence-electron chi connectivity index (χ0n) is 12.0. The largest absolute Gasteiger partial charge is 0.442 e. The Hall–Kier alpha value is -0.860. The Balaban J connectivity index is 2.64. The Morgan fingerprint density at radius 1 is 1.50 bits per heavy atom. The molecule has 22 heavy (non-hydrogen) atoms. The lowest BCUT2D eigenvalue weighted by atomic mass is 10.3. The van der Waals surface area contributed by atoms with Crippen LogP contribution in [0.15, 0.2) is 30.3 Å². The van der Waals surface area contributed by atoms with Crippen molar-refractivity contribution in [2.45, 2.75) is 5.97 Å². The number of hydrogen-bond donors (Lipinski definition) is 2. The fraction of sp³-hybridized carbons (Fsp3) is 0.333. The average molecular weight is 377 g/mol. The summed E-state index contributed by atoms with van der Waals surface area (Å²) in [5, 5.41) is 10.4. The minimum absolute atomic E-state index is 0.0802. The van der Waals surface area contributed by atoms with E-state index in [0.29, 0.717) is 7.36 Å². The molecule has 0 radical (unpaired) electrons. The number of alkyl carbamates (subject to hydrolysis) is 1. The van der Waals surface area contributed by atoms with Crippen LogP contribution in [0.3, 0.4) is 0 Å². The number of ether oxygens (including phenoxy) is 2. The topological polar surface area (TPSA) is 74.7 Å². The van der Waals surface area contributed by atoms with Gasteiger partial charge in [0.15, 0.2) is 5.97 Å². The molecule has 1 amide bonds. The maximum atomic E-state index is 11.0. The number of rotatable bonds is 8. The van der Waals surface area contributed by atoms with Gasteiger partial charge in [-0.2, -0.15) is 0 Å². The fourth-order valence-corrected chi connectivity index (χ4v) is 4.57. The molecule has 0 bridgehead atoms. The van der Waals surface area contributed by atoms with Gasteiger partial charge in [-0.25, -0.2) is 4.79 Å². The first kappa shape index (κ1) is 19.2. The molecule has 0 saturated heterocycles. The van der Waals surface area contributed by atoms with Gasteiger partial charge in [0.1, 0.15) is 11.7 Å². The SMILES string of the molecule is CNC(=O)OCC(=N)SSN(c1ccccc1)C(OC)P=S. The van der Waals surface area contributed by atoms with Crippen molar-refractivity contribution in [2.75, 3.05) is 25.1 Å². The quantitative estimate of drug-likeness (QED) is 0.179. The summed E-state index contributed by atoms with van der Waals surface area (Å²) in [7, 11) is 6.19. The summed E-state index contributed by atoms with van der Waals surface area (Å²) in [6.07, 6.45) is -0.561. The van der Waals surface area contributed by atoms with Crippen molar-refractivity contribution < 1.29 is 14.3 Å². The second kappa shape index (κ2) is 10.8. The third kappa shape index (κ3) is 6.50. The van der Waals surface area contributed by atoms with E-state index in [9.17, 15) is 4.79 Å². The summed E-state index contributed by atoms with van der Waals surface area (Å²) in [5.41, 5.74) is 0.921. The van der Waals surface area contributed by atoms with Gasteiger partial charge in [-0.1, -0.05) is 30.0 Å². The maximum Gasteiger partial charge on any atom is 0.407 e. The second-order valence-electron chi connectivity index (χ2n) is 3.74. The number of hydrogen-bond acceptors (Lipinski definition) is 8. The molecule has 2 N–H and O–H groups in total. The number of nitrogens with zero attached hydrogens (tertiary/aromatic N) is 1. The normalized spacial score (nSPS) is 11.7. The van der Waals surface area contributed by atoms with Crippen LogP contribution in [0.1, 0.15) is 0 Å². The highest BCUT2D eigenvalue weighted by Crippen LogP contribution is 2.37. The highest BCUT2D eigenvalue weighted by atomic mass is 33.1. The van der Waals surface area contributed by atoms with Crippen LogP contribution >= 0.6 is 29.1 Å². The molecule has 0 spiro atoms. The van der Waals surface area contributed by atoms with Gasteiger partial charge in [0.05, 0.1) is 5.69 Å². The molecule has 10 heteroatoms. The molecule has 6 nitrogen and oxygen atoms in total. The van der Waals surface area contributed by atoms with Crippen molar-refractivity contribution in [1.82, 2.24) is 5.32 Å². The molecule has 1 rings (SSSR count). The minimum atomic E-state index is -0.561. The van der Waals surface area contributed by atoms with E-state index in [4.69, 9.17) is 26.7 Å². The predicted octanol–water partition coefficient (Wildman–Crippen LogP) is 3.46. The van der Waals surface area contributed by atoms with Gasteiger partial charge in [-0.15, -0.1) is 0 Å². The van der Waals surface area contributed by atoms with E-state index in [1.807, 2.05) is 34.6 Å². The lowest BCUT2D eigenvalue weighted by molar-refractivity contribution is 0.164. The van der Waals surface area contributed by atoms with Crippen molar-refractivity contribution in [3.8, 4) is 0 Å². The van der Waals surface area contributed by atoms with E-state index in [1.54, 1.807) is 7.11 Å². The van der Waals surface area contributed by atoms with E-state index in [2.05, 4.69) is 5.32 Å². The molecule has 1 aromatic carbocycles. The van der Waals surface area contributed by atoms with Crippen LogP contribution in [-0.4, -0.2) is 37.9 Å². The van der Waals surface area contributed by atoms with Gasteiger partial charge in [-0.3, -0.25) is 9.71 Å². The standard InChI is InChI=1S/C12H16N3O3PS3/c1-14-11(16)18-8-10(13)21-22-15(12(17-2)19-20)9-6-4-3-5-7-9/h3-7,12-13H,8H2,1-2H3,(H,14,16). The Bertz CT molecular complexity index is 507. The van der Waals surface area contributed by atoms with E-state index < -0.39 is 6.09 Å². The first-order chi connectivity index (χ1) is 10.6. The van der Waals surface area contributed by atoms with Crippen LogP contribution in [-0.2, 0) is 21.3 Å². The summed E-state index contributed by atoms with van der Waals surface area (Å²) >= 11 is 5.08. The van der Waals surface area contributed by atoms with Crippen LogP contribution < -0.4 is 9.62 Å². The maximum absolute atomic E-state index is 11.0. The molecule has 0 heterocycles. The number of para-hydroxylation sites is 1. The van der Waals surface area contributed by atoms with Gasteiger partial charge in [0, 0.05) is 32.5 Å². The number of nitrogens with one attached hydrogen (secondary N) is 2. The average Bonchev–Trinajstić information content (AvgIpc) is 2.57. The molecule has 1 aromatic rings. The first-order valence-corrected chi connectivity index (χ1v) is 10.2. The van der Waals surface area contributed by atoms with Crippen LogP contribution in [0, 0.1) is 5.41 Å². The molecule has 120 valence electrons. The number of anilines is 1. The molecule has 0 saturated carbocycles. The summed E-state index contributed by atoms with van der Waals surface area (Å²) in [5.74, 6) is -0.317. The van der Waals surface area contributed by atoms with Crippen molar-refractivity contribution in [3.05, 3.63) is 30.3 Å². The summed E-state index contributed by atoms with van der Waals surface area (Å²) in [6.45, 7) is -0.0802. The van der Waals surface area contributed by atoms with Crippen molar-refractivity contribution in [3.63, 3.8) is 0 Å². The molecular weight excluding hydrogens is 361 g/mol. The van der Waals surface area contributed by atoms with Crippen molar-refractivity contribution >= 4 is 57.8 Å². The Morgan fingerprint density at radius 3 is 2.73 bits per heavy atom. The number of methoxy groups -OCH3 is 1. The summed E-state index contributed by atoms with van der Waals surface area (Å²) in [4.78, 5) is 11.0. The molecule has 0 fully saturated rings. The second-order valence-corrected chi connectivity index (χ2v) is 7.17. The van der Waals surface area contributed by atoms with E-state index >= 15 is 0 Å². The van der Waals surface area contributed by atoms with Crippen molar-refractivity contribution in [2.24, 2.45) is 0 Å². The highest BCUT2D eigenvalue weighted by molar-refractivity contribution is 8.82. The predicted molar refractivity (Wildman–Crippen MR) is 97.3 cm³/mol. The van der Waals surface area contributed by atoms with Gasteiger partial charge < -0.3 is 14.8 Å². The number of amides is 1. The molecule has 0 aromatic heterocycles. The summed E-state index contributed by atoms with van der Waals surface area (Å²) < 4.78 is 12.1. The van der Waals surface area contributed by atoms with Crippen LogP contribution in [0.2, 0.25) is 0 Å². The molecule has 0 aliphatic rings. The van der Waals surface area contributed by atoms with E-state index in [0.717, 1.165) is 5.69 Å². The fourth-order valence-electron chi connectivity index (χ4n) is 1.28. The number of carbonyl (C=O) groups is 1. The third-order valence-corrected chi connectivity index (χ3v) is 5.85. The van der Waals surface area contributed by atoms with Gasteiger partial charge >= 0.3 is 6.09 Å². The van der Waals surface area contributed by atoms with Gasteiger partial charge in [0.2, 0.25) is 0 Å². The smallest absolute Gasteiger partial charge is 0.407 e. The Kier molecular flexibility index (Phi) is 9.42. The lowest BCUT2D eigenvalue weighted by Gasteiger charge is -2.27. The Labute approximate surface area is 144 Å². The van der Waals surface area contributed by atoms with E-state index in [-0.39, 0.29) is 17.6 Å². The third-order valence-electron chi connectivity index (χ3n) is 2.27. The first-order valence-electron chi connectivity index (χ1n) is 6.08. The zero-order valence-corrected chi connectivity index (χ0v) is 15.4. The highest BCUT2D eigenvalue weighted by Gasteiger charge is 2.19. The van der Waals surface area contributed by atoms with Crippen LogP contribution in [0.5, 0.6) is 0 Å². The Morgan fingerprint density at radius 2 is 2.18 bits per heavy atom. The monoisotopic (exact) mass is 377 g/mol. The number of carbonyl (C=O) groups excluding carboxylic acids is 1.